The number of amides is 1. The quantitative estimate of drug-likeness (QED) is 0.385. The Hall–Kier alpha value is -2.42. The zero-order chi connectivity index (χ0) is 23.8. The summed E-state index contributed by atoms with van der Waals surface area (Å²) in [6.45, 7) is 2.79. The van der Waals surface area contributed by atoms with Gasteiger partial charge in [0.1, 0.15) is 5.82 Å². The molecule has 6 nitrogen and oxygen atoms in total. The fraction of sp³-hybridized carbons (Fsp3) is 0.400. The molecule has 34 heavy (non-hydrogen) atoms. The zero-order valence-corrected chi connectivity index (χ0v) is 20.5. The van der Waals surface area contributed by atoms with Crippen LogP contribution in [0.15, 0.2) is 53.1 Å². The third kappa shape index (κ3) is 7.29. The minimum atomic E-state index is -0.211. The number of hydrogen-bond acceptors (Lipinski definition) is 6. The first-order valence-electron chi connectivity index (χ1n) is 11.5. The van der Waals surface area contributed by atoms with E-state index in [1.807, 2.05) is 24.3 Å². The van der Waals surface area contributed by atoms with Crippen LogP contribution in [0.2, 0.25) is 5.02 Å². The van der Waals surface area contributed by atoms with Crippen molar-refractivity contribution in [2.75, 3.05) is 25.4 Å². The lowest BCUT2D eigenvalue weighted by Crippen LogP contribution is -2.43. The third-order valence-corrected chi connectivity index (χ3v) is 7.12. The minimum Gasteiger partial charge on any atom is -0.356 e. The molecule has 0 radical (unpaired) electrons. The molecule has 0 bridgehead atoms. The van der Waals surface area contributed by atoms with Gasteiger partial charge in [0, 0.05) is 29.4 Å². The molecule has 1 saturated heterocycles. The Bertz CT molecular complexity index is 1060. The zero-order valence-electron chi connectivity index (χ0n) is 18.9. The van der Waals surface area contributed by atoms with Gasteiger partial charge in [-0.25, -0.2) is 4.39 Å². The van der Waals surface area contributed by atoms with Crippen molar-refractivity contribution < 1.29 is 13.7 Å². The van der Waals surface area contributed by atoms with E-state index in [4.69, 9.17) is 16.1 Å². The van der Waals surface area contributed by atoms with Gasteiger partial charge in [0.25, 0.3) is 0 Å². The first kappa shape index (κ1) is 24.7. The third-order valence-electron chi connectivity index (χ3n) is 5.75. The second-order valence-electron chi connectivity index (χ2n) is 8.42. The van der Waals surface area contributed by atoms with E-state index < -0.39 is 0 Å². The van der Waals surface area contributed by atoms with Crippen molar-refractivity contribution >= 4 is 29.3 Å². The van der Waals surface area contributed by atoms with Gasteiger partial charge < -0.3 is 9.84 Å². The van der Waals surface area contributed by atoms with Gasteiger partial charge in [-0.05, 0) is 73.5 Å². The molecule has 1 aromatic heterocycles. The van der Waals surface area contributed by atoms with Gasteiger partial charge >= 0.3 is 0 Å². The van der Waals surface area contributed by atoms with Crippen LogP contribution in [0.4, 0.5) is 4.39 Å². The largest absolute Gasteiger partial charge is 0.356 e. The minimum absolute atomic E-state index is 0.0284. The summed E-state index contributed by atoms with van der Waals surface area (Å²) in [5, 5.41) is 7.81. The summed E-state index contributed by atoms with van der Waals surface area (Å²) >= 11 is 7.73. The van der Waals surface area contributed by atoms with Gasteiger partial charge in [-0.15, -0.1) is 0 Å². The van der Waals surface area contributed by atoms with Crippen LogP contribution < -0.4 is 5.32 Å². The van der Waals surface area contributed by atoms with E-state index >= 15 is 0 Å². The molecule has 180 valence electrons. The first-order valence-corrected chi connectivity index (χ1v) is 13.0. The van der Waals surface area contributed by atoms with E-state index in [0.717, 1.165) is 48.4 Å². The molecule has 1 atom stereocenters. The van der Waals surface area contributed by atoms with Crippen LogP contribution in [0.25, 0.3) is 11.4 Å². The summed E-state index contributed by atoms with van der Waals surface area (Å²) in [6.07, 6.45) is 2.76. The lowest BCUT2D eigenvalue weighted by molar-refractivity contribution is -0.126. The van der Waals surface area contributed by atoms with Crippen LogP contribution in [0.3, 0.4) is 0 Å². The highest BCUT2D eigenvalue weighted by atomic mass is 35.5. The Morgan fingerprint density at radius 2 is 2.00 bits per heavy atom. The van der Waals surface area contributed by atoms with Crippen molar-refractivity contribution in [3.8, 4) is 11.4 Å². The molecule has 4 rings (SSSR count). The number of halogens is 2. The summed E-state index contributed by atoms with van der Waals surface area (Å²) in [5.74, 6) is 2.75. The predicted molar refractivity (Wildman–Crippen MR) is 133 cm³/mol. The summed E-state index contributed by atoms with van der Waals surface area (Å²) in [5.41, 5.74) is 1.96. The van der Waals surface area contributed by atoms with E-state index in [-0.39, 0.29) is 17.6 Å². The lowest BCUT2D eigenvalue weighted by atomic mass is 9.97. The summed E-state index contributed by atoms with van der Waals surface area (Å²) in [7, 11) is 0. The highest BCUT2D eigenvalue weighted by molar-refractivity contribution is 7.98. The molecule has 9 heteroatoms. The van der Waals surface area contributed by atoms with E-state index in [0.29, 0.717) is 36.4 Å². The molecule has 1 fully saturated rings. The van der Waals surface area contributed by atoms with Crippen LogP contribution in [-0.2, 0) is 17.1 Å². The molecular formula is C25H28ClFN4O2S. The van der Waals surface area contributed by atoms with Crippen molar-refractivity contribution in [1.82, 2.24) is 20.4 Å². The standard InChI is InChI=1S/C25H28ClFN4O2S/c26-21-8-6-19(7-9-21)24-29-23(33-30-24)16-31-13-1-3-20(15-31)25(32)28-12-2-14-34-17-18-4-10-22(27)11-5-18/h4-11,20H,1-3,12-17H2,(H,28,32). The van der Waals surface area contributed by atoms with Crippen molar-refractivity contribution in [3.63, 3.8) is 0 Å². The van der Waals surface area contributed by atoms with Crippen molar-refractivity contribution in [1.29, 1.82) is 0 Å². The van der Waals surface area contributed by atoms with Gasteiger partial charge in [0.05, 0.1) is 12.5 Å². The number of nitrogens with zero attached hydrogens (tertiary/aromatic N) is 3. The fourth-order valence-corrected chi connectivity index (χ4v) is 4.99. The average molecular weight is 503 g/mol. The molecule has 0 spiro atoms. The molecular weight excluding hydrogens is 475 g/mol. The van der Waals surface area contributed by atoms with Crippen LogP contribution in [0.5, 0.6) is 0 Å². The van der Waals surface area contributed by atoms with Gasteiger partial charge in [-0.1, -0.05) is 28.9 Å². The number of benzene rings is 2. The molecule has 1 aliphatic heterocycles. The molecule has 0 aliphatic carbocycles. The number of rotatable bonds is 10. The van der Waals surface area contributed by atoms with Crippen molar-refractivity contribution in [2.45, 2.75) is 31.6 Å². The van der Waals surface area contributed by atoms with Crippen LogP contribution in [0.1, 0.15) is 30.7 Å². The van der Waals surface area contributed by atoms with Gasteiger partial charge in [-0.2, -0.15) is 16.7 Å². The van der Waals surface area contributed by atoms with Crippen LogP contribution >= 0.6 is 23.4 Å². The number of thioether (sulfide) groups is 1. The second kappa shape index (κ2) is 12.3. The molecule has 1 aliphatic rings. The maximum absolute atomic E-state index is 12.9. The highest BCUT2D eigenvalue weighted by Gasteiger charge is 2.26. The molecule has 1 N–H and O–H groups in total. The number of likely N-dealkylation sites (tertiary alicyclic amines) is 1. The molecule has 1 amide bonds. The summed E-state index contributed by atoms with van der Waals surface area (Å²) < 4.78 is 18.4. The molecule has 2 heterocycles. The summed E-state index contributed by atoms with van der Waals surface area (Å²) in [4.78, 5) is 19.4. The summed E-state index contributed by atoms with van der Waals surface area (Å²) in [6, 6.07) is 13.9. The molecule has 2 aromatic carbocycles. The Morgan fingerprint density at radius 1 is 1.21 bits per heavy atom. The number of carbonyl (C=O) groups excluding carboxylic acids is 1. The van der Waals surface area contributed by atoms with E-state index in [1.54, 1.807) is 23.9 Å². The first-order chi connectivity index (χ1) is 16.6. The number of hydrogen-bond donors (Lipinski definition) is 1. The SMILES string of the molecule is O=C(NCCCSCc1ccc(F)cc1)C1CCCN(Cc2nc(-c3ccc(Cl)cc3)no2)C1. The van der Waals surface area contributed by atoms with Gasteiger partial charge in [-0.3, -0.25) is 9.69 Å². The average Bonchev–Trinajstić information content (AvgIpc) is 3.31. The smallest absolute Gasteiger partial charge is 0.241 e. The van der Waals surface area contributed by atoms with E-state index in [1.165, 1.54) is 12.1 Å². The Kier molecular flexibility index (Phi) is 8.96. The Labute approximate surface area is 208 Å². The Balaban J connectivity index is 1.16. The monoisotopic (exact) mass is 502 g/mol. The molecule has 0 saturated carbocycles. The topological polar surface area (TPSA) is 71.3 Å². The van der Waals surface area contributed by atoms with E-state index in [2.05, 4.69) is 20.4 Å². The predicted octanol–water partition coefficient (Wildman–Crippen LogP) is 5.18. The normalized spacial score (nSPS) is 16.5. The highest BCUT2D eigenvalue weighted by Crippen LogP contribution is 2.22. The van der Waals surface area contributed by atoms with Crippen molar-refractivity contribution in [3.05, 3.63) is 70.8 Å². The maximum atomic E-state index is 12.9. The van der Waals surface area contributed by atoms with Gasteiger partial charge in [0.15, 0.2) is 0 Å². The molecule has 1 unspecified atom stereocenters. The lowest BCUT2D eigenvalue weighted by Gasteiger charge is -2.30. The van der Waals surface area contributed by atoms with E-state index in [9.17, 15) is 9.18 Å². The second-order valence-corrected chi connectivity index (χ2v) is 9.96. The maximum Gasteiger partial charge on any atom is 0.241 e. The van der Waals surface area contributed by atoms with Crippen LogP contribution in [-0.4, -0.2) is 46.3 Å². The Morgan fingerprint density at radius 3 is 2.79 bits per heavy atom. The van der Waals surface area contributed by atoms with Gasteiger partial charge in [0.2, 0.25) is 17.6 Å². The number of aromatic nitrogens is 2. The number of nitrogens with one attached hydrogen (secondary N) is 1. The molecule has 3 aromatic rings. The number of carbonyl (C=O) groups is 1. The van der Waals surface area contributed by atoms with Crippen molar-refractivity contribution in [2.24, 2.45) is 5.92 Å². The fourth-order valence-electron chi connectivity index (χ4n) is 3.94. The van der Waals surface area contributed by atoms with Crippen LogP contribution in [0, 0.1) is 11.7 Å². The number of piperidine rings is 1.